The maximum absolute atomic E-state index is 14.1. The van der Waals surface area contributed by atoms with Gasteiger partial charge in [-0.15, -0.1) is 0 Å². The van der Waals surface area contributed by atoms with Crippen LogP contribution in [0.2, 0.25) is 0 Å². The van der Waals surface area contributed by atoms with E-state index in [1.54, 1.807) is 11.9 Å². The Hall–Kier alpha value is -1.65. The molecule has 2 heterocycles. The van der Waals surface area contributed by atoms with Gasteiger partial charge in [0.25, 0.3) is 5.91 Å². The first kappa shape index (κ1) is 13.8. The average Bonchev–Trinajstić information content (AvgIpc) is 2.87. The van der Waals surface area contributed by atoms with Gasteiger partial charge in [0.15, 0.2) is 11.6 Å². The quantitative estimate of drug-likeness (QED) is 0.913. The Balaban J connectivity index is 2.29. The first-order valence-corrected chi connectivity index (χ1v) is 6.69. The maximum Gasteiger partial charge on any atom is 0.257 e. The number of anilines is 1. The van der Waals surface area contributed by atoms with Crippen LogP contribution < -0.4 is 5.32 Å². The lowest BCUT2D eigenvalue weighted by Gasteiger charge is -2.28. The van der Waals surface area contributed by atoms with Crippen molar-refractivity contribution < 1.29 is 9.18 Å². The second-order valence-electron chi connectivity index (χ2n) is 5.22. The summed E-state index contributed by atoms with van der Waals surface area (Å²) in [7, 11) is 1.59. The fourth-order valence-corrected chi connectivity index (χ4v) is 2.68. The van der Waals surface area contributed by atoms with Crippen LogP contribution in [0.4, 0.5) is 10.2 Å². The van der Waals surface area contributed by atoms with Crippen molar-refractivity contribution in [2.45, 2.75) is 32.7 Å². The normalized spacial score (nSPS) is 19.0. The predicted molar refractivity (Wildman–Crippen MR) is 72.6 cm³/mol. The first-order chi connectivity index (χ1) is 9.06. The third-order valence-corrected chi connectivity index (χ3v) is 3.69. The number of likely N-dealkylation sites (tertiary alicyclic amines) is 1. The number of rotatable bonds is 3. The number of hydrogen-bond donors (Lipinski definition) is 1. The molecule has 2 rings (SSSR count). The molecular weight excluding hydrogens is 245 g/mol. The number of hydrogen-bond acceptors (Lipinski definition) is 3. The van der Waals surface area contributed by atoms with Gasteiger partial charge in [-0.2, -0.15) is 0 Å². The smallest absolute Gasteiger partial charge is 0.257 e. The fourth-order valence-electron chi connectivity index (χ4n) is 2.68. The van der Waals surface area contributed by atoms with Crippen LogP contribution in [0.5, 0.6) is 0 Å². The molecule has 1 aliphatic heterocycles. The van der Waals surface area contributed by atoms with E-state index in [-0.39, 0.29) is 23.3 Å². The van der Waals surface area contributed by atoms with Crippen molar-refractivity contribution in [3.8, 4) is 0 Å². The Bertz CT molecular complexity index is 476. The highest BCUT2D eigenvalue weighted by Crippen LogP contribution is 2.27. The number of halogens is 1. The Morgan fingerprint density at radius 3 is 2.95 bits per heavy atom. The van der Waals surface area contributed by atoms with E-state index in [1.807, 2.05) is 0 Å². The summed E-state index contributed by atoms with van der Waals surface area (Å²) in [4.78, 5) is 18.1. The third-order valence-electron chi connectivity index (χ3n) is 3.69. The van der Waals surface area contributed by atoms with Crippen LogP contribution in [-0.2, 0) is 0 Å². The number of carbonyl (C=O) groups excluding carboxylic acids is 1. The zero-order valence-corrected chi connectivity index (χ0v) is 11.6. The molecule has 1 aromatic heterocycles. The summed E-state index contributed by atoms with van der Waals surface area (Å²) in [6.45, 7) is 4.90. The second-order valence-corrected chi connectivity index (χ2v) is 5.22. The summed E-state index contributed by atoms with van der Waals surface area (Å²) >= 11 is 0. The molecule has 0 bridgehead atoms. The van der Waals surface area contributed by atoms with Gasteiger partial charge in [0.1, 0.15) is 0 Å². The number of carbonyl (C=O) groups is 1. The summed E-state index contributed by atoms with van der Waals surface area (Å²) in [5.74, 6) is -0.289. The SMILES string of the molecule is CNc1nccc(C(=O)N2CCCC2C(C)C)c1F. The molecule has 1 unspecified atom stereocenters. The summed E-state index contributed by atoms with van der Waals surface area (Å²) < 4.78 is 14.1. The minimum Gasteiger partial charge on any atom is -0.371 e. The minimum absolute atomic E-state index is 0.104. The van der Waals surface area contributed by atoms with E-state index in [0.717, 1.165) is 12.8 Å². The van der Waals surface area contributed by atoms with Gasteiger partial charge in [-0.3, -0.25) is 4.79 Å². The predicted octanol–water partition coefficient (Wildman–Crippen LogP) is 2.52. The van der Waals surface area contributed by atoms with Crippen molar-refractivity contribution in [1.29, 1.82) is 0 Å². The summed E-state index contributed by atoms with van der Waals surface area (Å²) in [6.07, 6.45) is 3.44. The first-order valence-electron chi connectivity index (χ1n) is 6.69. The molecule has 19 heavy (non-hydrogen) atoms. The van der Waals surface area contributed by atoms with E-state index >= 15 is 0 Å². The molecule has 5 heteroatoms. The van der Waals surface area contributed by atoms with Crippen molar-refractivity contribution in [2.24, 2.45) is 5.92 Å². The number of amides is 1. The van der Waals surface area contributed by atoms with Crippen molar-refractivity contribution in [3.05, 3.63) is 23.6 Å². The lowest BCUT2D eigenvalue weighted by Crippen LogP contribution is -2.39. The highest BCUT2D eigenvalue weighted by Gasteiger charge is 2.32. The molecular formula is C14H20FN3O. The van der Waals surface area contributed by atoms with Gasteiger partial charge in [-0.1, -0.05) is 13.8 Å². The Morgan fingerprint density at radius 2 is 2.32 bits per heavy atom. The number of nitrogens with zero attached hydrogens (tertiary/aromatic N) is 2. The summed E-state index contributed by atoms with van der Waals surface area (Å²) in [6, 6.07) is 1.66. The van der Waals surface area contributed by atoms with Gasteiger partial charge < -0.3 is 10.2 Å². The summed E-state index contributed by atoms with van der Waals surface area (Å²) in [5, 5.41) is 2.66. The van der Waals surface area contributed by atoms with Crippen molar-refractivity contribution in [2.75, 3.05) is 18.9 Å². The minimum atomic E-state index is -0.565. The lowest BCUT2D eigenvalue weighted by molar-refractivity contribution is 0.0696. The number of pyridine rings is 1. The molecule has 1 aromatic rings. The van der Waals surface area contributed by atoms with Crippen LogP contribution in [-0.4, -0.2) is 35.4 Å². The van der Waals surface area contributed by atoms with Gasteiger partial charge in [-0.25, -0.2) is 9.37 Å². The van der Waals surface area contributed by atoms with Crippen LogP contribution in [0.1, 0.15) is 37.0 Å². The molecule has 1 N–H and O–H groups in total. The van der Waals surface area contributed by atoms with Gasteiger partial charge in [-0.05, 0) is 24.8 Å². The van der Waals surface area contributed by atoms with Gasteiger partial charge in [0.05, 0.1) is 5.56 Å². The molecule has 1 aliphatic rings. The second kappa shape index (κ2) is 5.55. The summed E-state index contributed by atoms with van der Waals surface area (Å²) in [5.41, 5.74) is 0.104. The zero-order valence-electron chi connectivity index (χ0n) is 11.6. The highest BCUT2D eigenvalue weighted by molar-refractivity contribution is 5.95. The molecule has 4 nitrogen and oxygen atoms in total. The highest BCUT2D eigenvalue weighted by atomic mass is 19.1. The molecule has 1 fully saturated rings. The molecule has 1 saturated heterocycles. The van der Waals surface area contributed by atoms with Crippen LogP contribution in [0.15, 0.2) is 12.3 Å². The fraction of sp³-hybridized carbons (Fsp3) is 0.571. The van der Waals surface area contributed by atoms with E-state index in [2.05, 4.69) is 24.1 Å². The van der Waals surface area contributed by atoms with E-state index < -0.39 is 5.82 Å². The van der Waals surface area contributed by atoms with Crippen molar-refractivity contribution in [3.63, 3.8) is 0 Å². The van der Waals surface area contributed by atoms with Crippen LogP contribution >= 0.6 is 0 Å². The molecule has 1 amide bonds. The monoisotopic (exact) mass is 265 g/mol. The van der Waals surface area contributed by atoms with Gasteiger partial charge >= 0.3 is 0 Å². The van der Waals surface area contributed by atoms with Crippen LogP contribution in [0.3, 0.4) is 0 Å². The molecule has 1 atom stereocenters. The maximum atomic E-state index is 14.1. The molecule has 0 spiro atoms. The third kappa shape index (κ3) is 2.55. The Labute approximate surface area is 113 Å². The lowest BCUT2D eigenvalue weighted by atomic mass is 10.0. The van der Waals surface area contributed by atoms with Crippen molar-refractivity contribution in [1.82, 2.24) is 9.88 Å². The Morgan fingerprint density at radius 1 is 1.58 bits per heavy atom. The Kier molecular flexibility index (Phi) is 4.02. The molecule has 104 valence electrons. The topological polar surface area (TPSA) is 45.2 Å². The van der Waals surface area contributed by atoms with Gasteiger partial charge in [0, 0.05) is 25.8 Å². The standard InChI is InChI=1S/C14H20FN3O/c1-9(2)11-5-4-8-18(11)14(19)10-6-7-17-13(16-3)12(10)15/h6-7,9,11H,4-5,8H2,1-3H3,(H,16,17). The molecule has 0 radical (unpaired) electrons. The zero-order chi connectivity index (χ0) is 14.0. The number of nitrogens with one attached hydrogen (secondary N) is 1. The molecule has 0 saturated carbocycles. The number of aromatic nitrogens is 1. The van der Waals surface area contributed by atoms with Crippen LogP contribution in [0.25, 0.3) is 0 Å². The molecule has 0 aliphatic carbocycles. The van der Waals surface area contributed by atoms with E-state index in [4.69, 9.17) is 0 Å². The largest absolute Gasteiger partial charge is 0.371 e. The molecule has 0 aromatic carbocycles. The van der Waals surface area contributed by atoms with E-state index in [1.165, 1.54) is 12.3 Å². The van der Waals surface area contributed by atoms with E-state index in [9.17, 15) is 9.18 Å². The van der Waals surface area contributed by atoms with Crippen molar-refractivity contribution >= 4 is 11.7 Å². The van der Waals surface area contributed by atoms with Crippen LogP contribution in [0, 0.1) is 11.7 Å². The average molecular weight is 265 g/mol. The van der Waals surface area contributed by atoms with E-state index in [0.29, 0.717) is 12.5 Å². The van der Waals surface area contributed by atoms with Gasteiger partial charge in [0.2, 0.25) is 0 Å².